The molecule has 7 nitrogen and oxygen atoms in total. The van der Waals surface area contributed by atoms with Gasteiger partial charge in [0.1, 0.15) is 11.5 Å². The van der Waals surface area contributed by atoms with Crippen molar-refractivity contribution in [1.29, 1.82) is 0 Å². The molecule has 2 rings (SSSR count). The molecule has 0 unspecified atom stereocenters. The molecule has 0 bridgehead atoms. The van der Waals surface area contributed by atoms with Crippen molar-refractivity contribution < 1.29 is 24.2 Å². The Hall–Kier alpha value is -3.35. The van der Waals surface area contributed by atoms with Gasteiger partial charge in [0.05, 0.1) is 12.3 Å². The van der Waals surface area contributed by atoms with Crippen molar-refractivity contribution in [3.05, 3.63) is 59.7 Å². The number of benzene rings is 2. The van der Waals surface area contributed by atoms with E-state index in [0.29, 0.717) is 11.3 Å². The number of ether oxygens (including phenoxy) is 2. The smallest absolute Gasteiger partial charge is 0.344 e. The lowest BCUT2D eigenvalue weighted by molar-refractivity contribution is -0.149. The fraction of sp³-hybridized carbons (Fsp3) is 0.211. The van der Waals surface area contributed by atoms with E-state index in [4.69, 9.17) is 9.47 Å². The SMILES string of the molecule is CC(C)OC(=O)COc1ccc(/C=N/NC(=O)c2ccc(O)cc2)cc1. The summed E-state index contributed by atoms with van der Waals surface area (Å²) >= 11 is 0. The zero-order chi connectivity index (χ0) is 18.9. The lowest BCUT2D eigenvalue weighted by Gasteiger charge is -2.09. The molecule has 0 saturated heterocycles. The summed E-state index contributed by atoms with van der Waals surface area (Å²) < 4.78 is 10.3. The van der Waals surface area contributed by atoms with E-state index in [1.807, 2.05) is 0 Å². The van der Waals surface area contributed by atoms with Crippen LogP contribution in [0.25, 0.3) is 0 Å². The molecule has 0 fully saturated rings. The predicted molar refractivity (Wildman–Crippen MR) is 96.3 cm³/mol. The number of hydrogen-bond acceptors (Lipinski definition) is 6. The van der Waals surface area contributed by atoms with E-state index in [9.17, 15) is 14.7 Å². The third kappa shape index (κ3) is 6.27. The summed E-state index contributed by atoms with van der Waals surface area (Å²) in [6, 6.07) is 12.7. The van der Waals surface area contributed by atoms with E-state index in [0.717, 1.165) is 5.56 Å². The van der Waals surface area contributed by atoms with Crippen LogP contribution in [0, 0.1) is 0 Å². The monoisotopic (exact) mass is 356 g/mol. The zero-order valence-electron chi connectivity index (χ0n) is 14.5. The Bertz CT molecular complexity index is 768. The number of hydrazone groups is 1. The number of nitrogens with zero attached hydrogens (tertiary/aromatic N) is 1. The second kappa shape index (κ2) is 9.22. The van der Waals surface area contributed by atoms with Gasteiger partial charge in [-0.3, -0.25) is 4.79 Å². The summed E-state index contributed by atoms with van der Waals surface area (Å²) in [5.41, 5.74) is 3.53. The van der Waals surface area contributed by atoms with Gasteiger partial charge in [0.2, 0.25) is 0 Å². The molecule has 0 aromatic heterocycles. The third-order valence-electron chi connectivity index (χ3n) is 3.11. The minimum atomic E-state index is -0.428. The Morgan fingerprint density at radius 3 is 2.38 bits per heavy atom. The van der Waals surface area contributed by atoms with Crippen LogP contribution in [-0.4, -0.2) is 35.9 Å². The molecule has 2 aromatic rings. The van der Waals surface area contributed by atoms with E-state index in [-0.39, 0.29) is 24.4 Å². The van der Waals surface area contributed by atoms with Gasteiger partial charge in [-0.1, -0.05) is 0 Å². The van der Waals surface area contributed by atoms with Crippen LogP contribution >= 0.6 is 0 Å². The first-order valence-electron chi connectivity index (χ1n) is 7.99. The van der Waals surface area contributed by atoms with Crippen LogP contribution in [0.5, 0.6) is 11.5 Å². The van der Waals surface area contributed by atoms with E-state index in [1.54, 1.807) is 38.1 Å². The van der Waals surface area contributed by atoms with Crippen molar-refractivity contribution in [3.63, 3.8) is 0 Å². The summed E-state index contributed by atoms with van der Waals surface area (Å²) in [7, 11) is 0. The highest BCUT2D eigenvalue weighted by Crippen LogP contribution is 2.11. The molecule has 0 atom stereocenters. The topological polar surface area (TPSA) is 97.2 Å². The van der Waals surface area contributed by atoms with Crippen molar-refractivity contribution in [3.8, 4) is 11.5 Å². The molecule has 0 spiro atoms. The highest BCUT2D eigenvalue weighted by molar-refractivity contribution is 5.95. The maximum absolute atomic E-state index is 11.9. The van der Waals surface area contributed by atoms with Gasteiger partial charge in [0.25, 0.3) is 5.91 Å². The summed E-state index contributed by atoms with van der Waals surface area (Å²) in [5.74, 6) is -0.201. The quantitative estimate of drug-likeness (QED) is 0.451. The molecule has 136 valence electrons. The summed E-state index contributed by atoms with van der Waals surface area (Å²) in [5, 5.41) is 13.1. The van der Waals surface area contributed by atoms with E-state index in [2.05, 4.69) is 10.5 Å². The number of esters is 1. The molecule has 0 aliphatic rings. The average Bonchev–Trinajstić information content (AvgIpc) is 2.61. The van der Waals surface area contributed by atoms with E-state index < -0.39 is 5.97 Å². The van der Waals surface area contributed by atoms with Crippen molar-refractivity contribution in [2.24, 2.45) is 5.10 Å². The van der Waals surface area contributed by atoms with Crippen molar-refractivity contribution in [1.82, 2.24) is 5.43 Å². The number of hydrogen-bond donors (Lipinski definition) is 2. The van der Waals surface area contributed by atoms with Crippen molar-refractivity contribution >= 4 is 18.1 Å². The predicted octanol–water partition coefficient (Wildman–Crippen LogP) is 2.49. The minimum absolute atomic E-state index is 0.0878. The van der Waals surface area contributed by atoms with E-state index in [1.165, 1.54) is 30.5 Å². The standard InChI is InChI=1S/C19H20N2O5/c1-13(2)26-18(23)12-25-17-9-3-14(4-10-17)11-20-21-19(24)15-5-7-16(22)8-6-15/h3-11,13,22H,12H2,1-2H3,(H,21,24)/b20-11+. The van der Waals surface area contributed by atoms with Gasteiger partial charge >= 0.3 is 5.97 Å². The minimum Gasteiger partial charge on any atom is -0.508 e. The lowest BCUT2D eigenvalue weighted by atomic mass is 10.2. The highest BCUT2D eigenvalue weighted by atomic mass is 16.6. The molecule has 0 saturated carbocycles. The van der Waals surface area contributed by atoms with Crippen LogP contribution < -0.4 is 10.2 Å². The van der Waals surface area contributed by atoms with Gasteiger partial charge in [-0.15, -0.1) is 0 Å². The molecule has 2 aromatic carbocycles. The number of carbonyl (C=O) groups is 2. The molecular weight excluding hydrogens is 336 g/mol. The maximum Gasteiger partial charge on any atom is 0.344 e. The van der Waals surface area contributed by atoms with Crippen LogP contribution in [-0.2, 0) is 9.53 Å². The summed E-state index contributed by atoms with van der Waals surface area (Å²) in [6.45, 7) is 3.38. The second-order valence-corrected chi connectivity index (χ2v) is 5.64. The Balaban J connectivity index is 1.82. The number of aromatic hydroxyl groups is 1. The molecule has 2 N–H and O–H groups in total. The second-order valence-electron chi connectivity index (χ2n) is 5.64. The van der Waals surface area contributed by atoms with Gasteiger partial charge in [0, 0.05) is 5.56 Å². The molecular formula is C19H20N2O5. The number of phenolic OH excluding ortho intramolecular Hbond substituents is 1. The fourth-order valence-corrected chi connectivity index (χ4v) is 1.93. The number of rotatable bonds is 7. The van der Waals surface area contributed by atoms with Crippen LogP contribution in [0.3, 0.4) is 0 Å². The largest absolute Gasteiger partial charge is 0.508 e. The summed E-state index contributed by atoms with van der Waals surface area (Å²) in [6.07, 6.45) is 1.30. The van der Waals surface area contributed by atoms with Gasteiger partial charge in [0.15, 0.2) is 6.61 Å². The Morgan fingerprint density at radius 1 is 1.12 bits per heavy atom. The van der Waals surface area contributed by atoms with Crippen molar-refractivity contribution in [2.45, 2.75) is 20.0 Å². The van der Waals surface area contributed by atoms with Gasteiger partial charge in [-0.05, 0) is 67.9 Å². The van der Waals surface area contributed by atoms with Crippen molar-refractivity contribution in [2.75, 3.05) is 6.61 Å². The van der Waals surface area contributed by atoms with Crippen LogP contribution in [0.2, 0.25) is 0 Å². The van der Waals surface area contributed by atoms with Gasteiger partial charge in [-0.2, -0.15) is 5.10 Å². The number of nitrogens with one attached hydrogen (secondary N) is 1. The third-order valence-corrected chi connectivity index (χ3v) is 3.11. The Morgan fingerprint density at radius 2 is 1.77 bits per heavy atom. The van der Waals surface area contributed by atoms with Crippen LogP contribution in [0.1, 0.15) is 29.8 Å². The first-order chi connectivity index (χ1) is 12.4. The molecule has 0 aliphatic carbocycles. The molecule has 0 radical (unpaired) electrons. The summed E-state index contributed by atoms with van der Waals surface area (Å²) in [4.78, 5) is 23.3. The van der Waals surface area contributed by atoms with Gasteiger partial charge in [-0.25, -0.2) is 10.2 Å². The van der Waals surface area contributed by atoms with Gasteiger partial charge < -0.3 is 14.6 Å². The first kappa shape index (κ1) is 19.0. The molecule has 0 heterocycles. The lowest BCUT2D eigenvalue weighted by Crippen LogP contribution is -2.18. The Labute approximate surface area is 151 Å². The molecule has 0 aliphatic heterocycles. The maximum atomic E-state index is 11.9. The molecule has 1 amide bonds. The normalized spacial score (nSPS) is 10.7. The van der Waals surface area contributed by atoms with E-state index >= 15 is 0 Å². The number of carbonyl (C=O) groups excluding carboxylic acids is 2. The Kier molecular flexibility index (Phi) is 6.73. The van der Waals surface area contributed by atoms with Crippen LogP contribution in [0.4, 0.5) is 0 Å². The molecule has 26 heavy (non-hydrogen) atoms. The number of amides is 1. The number of phenols is 1. The zero-order valence-corrected chi connectivity index (χ0v) is 14.5. The fourth-order valence-electron chi connectivity index (χ4n) is 1.93. The van der Waals surface area contributed by atoms with Crippen LogP contribution in [0.15, 0.2) is 53.6 Å². The molecule has 7 heteroatoms. The average molecular weight is 356 g/mol. The highest BCUT2D eigenvalue weighted by Gasteiger charge is 2.06. The first-order valence-corrected chi connectivity index (χ1v) is 7.99.